The molecule has 2 N–H and O–H groups in total. The van der Waals surface area contributed by atoms with Crippen molar-refractivity contribution in [2.24, 2.45) is 0 Å². The van der Waals surface area contributed by atoms with Gasteiger partial charge >= 0.3 is 5.97 Å². The number of hydrogen-bond donors (Lipinski definition) is 1. The minimum absolute atomic E-state index is 0. The summed E-state index contributed by atoms with van der Waals surface area (Å²) in [6.45, 7) is 0.0198. The van der Waals surface area contributed by atoms with Crippen LogP contribution in [0.5, 0.6) is 28.7 Å². The second kappa shape index (κ2) is 14.6. The van der Waals surface area contributed by atoms with Gasteiger partial charge in [-0.2, -0.15) is 0 Å². The number of nitro benzene ring substituents is 1. The molecule has 0 aliphatic rings. The molecule has 1 heterocycles. The van der Waals surface area contributed by atoms with Crippen LogP contribution < -0.4 is 35.0 Å². The monoisotopic (exact) mass is 677 g/mol. The van der Waals surface area contributed by atoms with Gasteiger partial charge in [-0.05, 0) is 71.8 Å². The third-order valence-electron chi connectivity index (χ3n) is 7.49. The molecule has 5 aromatic rings. The molecule has 0 bridgehead atoms. The molecule has 4 aromatic carbocycles. The number of anilines is 1. The Labute approximate surface area is 280 Å². The molecule has 0 amide bonds. The van der Waals surface area contributed by atoms with Gasteiger partial charge in [-0.25, -0.2) is 4.79 Å². The molecule has 0 spiro atoms. The van der Waals surface area contributed by atoms with Crippen LogP contribution in [0.4, 0.5) is 11.4 Å². The Bertz CT molecular complexity index is 2020. The summed E-state index contributed by atoms with van der Waals surface area (Å²) in [5.41, 5.74) is 7.47. The first-order valence-corrected chi connectivity index (χ1v) is 14.1. The zero-order chi connectivity index (χ0) is 33.8. The van der Waals surface area contributed by atoms with E-state index in [0.29, 0.717) is 50.7 Å². The summed E-state index contributed by atoms with van der Waals surface area (Å²) in [4.78, 5) is 38.6. The first kappa shape index (κ1) is 34.9. The number of carbonyl (C=O) groups excluding carboxylic acids is 1. The fraction of sp³-hybridized carbons (Fsp3) is 0.176. The fourth-order valence-electron chi connectivity index (χ4n) is 5.23. The number of rotatable bonds is 11. The van der Waals surface area contributed by atoms with Gasteiger partial charge in [-0.15, -0.1) is 12.4 Å². The highest BCUT2D eigenvalue weighted by molar-refractivity contribution is 6.08. The topological polar surface area (TPSA) is 164 Å². The van der Waals surface area contributed by atoms with Crippen molar-refractivity contribution in [1.82, 2.24) is 4.57 Å². The molecular weight excluding hydrogens is 646 g/mol. The second-order valence-electron chi connectivity index (χ2n) is 10.1. The highest BCUT2D eigenvalue weighted by Gasteiger charge is 2.28. The van der Waals surface area contributed by atoms with E-state index in [0.717, 1.165) is 0 Å². The van der Waals surface area contributed by atoms with Crippen molar-refractivity contribution in [1.29, 1.82) is 0 Å². The lowest BCUT2D eigenvalue weighted by atomic mass is 9.95. The van der Waals surface area contributed by atoms with E-state index in [-0.39, 0.29) is 47.3 Å². The standard InChI is InChI=1S/C34H31N3O10.ClH/c1-42-26-16-24-25(17-27(26)47-18-19-6-10-23(11-7-19)37(40)41)33(38)36(22-12-8-21(35)9-13-22)31(34(39)46-5)30(24)20-14-28(43-2)32(45-4)29(15-20)44-3;/h6-17H,18,35H2,1-5H3;1H. The SMILES string of the molecule is COC(=O)c1c(-c2cc(OC)c(OC)c(OC)c2)c2cc(OC)c(OCc3ccc([N+](=O)[O-])cc3)cc2c(=O)n1-c1ccc(N)cc1.Cl. The summed E-state index contributed by atoms with van der Waals surface area (Å²) in [6, 6.07) is 18.8. The Morgan fingerprint density at radius 3 is 1.90 bits per heavy atom. The molecule has 0 aliphatic heterocycles. The van der Waals surface area contributed by atoms with Crippen molar-refractivity contribution in [2.75, 3.05) is 41.3 Å². The number of benzene rings is 4. The minimum atomic E-state index is -0.790. The van der Waals surface area contributed by atoms with Crippen LogP contribution >= 0.6 is 12.4 Å². The average molecular weight is 678 g/mol. The van der Waals surface area contributed by atoms with Gasteiger partial charge < -0.3 is 34.2 Å². The quantitative estimate of drug-likeness (QED) is 0.0758. The number of nitrogens with zero attached hydrogens (tertiary/aromatic N) is 2. The normalized spacial score (nSPS) is 10.5. The molecule has 0 saturated carbocycles. The fourth-order valence-corrected chi connectivity index (χ4v) is 5.23. The number of fused-ring (bicyclic) bond motifs is 1. The summed E-state index contributed by atoms with van der Waals surface area (Å²) in [6.07, 6.45) is 0. The lowest BCUT2D eigenvalue weighted by Crippen LogP contribution is -2.27. The molecule has 0 atom stereocenters. The van der Waals surface area contributed by atoms with Crippen LogP contribution in [0.2, 0.25) is 0 Å². The predicted octanol–water partition coefficient (Wildman–Crippen LogP) is 5.97. The summed E-state index contributed by atoms with van der Waals surface area (Å²) in [5, 5.41) is 11.6. The van der Waals surface area contributed by atoms with Gasteiger partial charge in [0.2, 0.25) is 5.75 Å². The van der Waals surface area contributed by atoms with E-state index in [2.05, 4.69) is 0 Å². The molecule has 48 heavy (non-hydrogen) atoms. The van der Waals surface area contributed by atoms with Crippen molar-refractivity contribution in [3.8, 4) is 45.6 Å². The van der Waals surface area contributed by atoms with E-state index in [1.165, 1.54) is 58.3 Å². The van der Waals surface area contributed by atoms with Gasteiger partial charge in [0.15, 0.2) is 23.0 Å². The maximum atomic E-state index is 14.4. The Morgan fingerprint density at radius 2 is 1.38 bits per heavy atom. The Morgan fingerprint density at radius 1 is 0.792 bits per heavy atom. The highest BCUT2D eigenvalue weighted by atomic mass is 35.5. The van der Waals surface area contributed by atoms with Crippen molar-refractivity contribution >= 4 is 40.5 Å². The number of methoxy groups -OCH3 is 5. The minimum Gasteiger partial charge on any atom is -0.493 e. The molecule has 0 radical (unpaired) electrons. The number of halogens is 1. The molecule has 1 aromatic heterocycles. The number of non-ortho nitro benzene ring substituents is 1. The lowest BCUT2D eigenvalue weighted by Gasteiger charge is -2.21. The van der Waals surface area contributed by atoms with Crippen LogP contribution in [0.25, 0.3) is 27.6 Å². The van der Waals surface area contributed by atoms with Crippen molar-refractivity contribution in [3.63, 3.8) is 0 Å². The highest BCUT2D eigenvalue weighted by Crippen LogP contribution is 2.45. The molecule has 0 unspecified atom stereocenters. The lowest BCUT2D eigenvalue weighted by molar-refractivity contribution is -0.384. The largest absolute Gasteiger partial charge is 0.493 e. The van der Waals surface area contributed by atoms with Crippen LogP contribution in [-0.2, 0) is 11.3 Å². The summed E-state index contributed by atoms with van der Waals surface area (Å²) in [7, 11) is 7.06. The van der Waals surface area contributed by atoms with Crippen LogP contribution in [0.3, 0.4) is 0 Å². The molecule has 0 fully saturated rings. The number of nitro groups is 1. The maximum absolute atomic E-state index is 14.4. The molecule has 5 rings (SSSR count). The third-order valence-corrected chi connectivity index (χ3v) is 7.49. The van der Waals surface area contributed by atoms with Gasteiger partial charge in [-0.3, -0.25) is 19.5 Å². The number of hydrogen-bond acceptors (Lipinski definition) is 11. The third kappa shape index (κ3) is 6.48. The van der Waals surface area contributed by atoms with Crippen molar-refractivity contribution in [3.05, 3.63) is 105 Å². The van der Waals surface area contributed by atoms with Gasteiger partial charge in [0.05, 0.1) is 45.9 Å². The number of nitrogen functional groups attached to an aromatic ring is 1. The van der Waals surface area contributed by atoms with Crippen LogP contribution in [0.15, 0.2) is 77.6 Å². The molecular formula is C34H32ClN3O10. The van der Waals surface area contributed by atoms with Gasteiger partial charge in [0.1, 0.15) is 12.3 Å². The summed E-state index contributed by atoms with van der Waals surface area (Å²) >= 11 is 0. The number of carbonyl (C=O) groups is 1. The first-order valence-electron chi connectivity index (χ1n) is 14.1. The average Bonchev–Trinajstić information content (AvgIpc) is 3.09. The zero-order valence-electron chi connectivity index (χ0n) is 26.6. The first-order chi connectivity index (χ1) is 22.6. The Kier molecular flexibility index (Phi) is 10.7. The zero-order valence-corrected chi connectivity index (χ0v) is 27.4. The Hall–Kier alpha value is -5.95. The van der Waals surface area contributed by atoms with Crippen molar-refractivity contribution in [2.45, 2.75) is 6.61 Å². The van der Waals surface area contributed by atoms with E-state index in [1.54, 1.807) is 54.6 Å². The number of ether oxygens (including phenoxy) is 6. The molecule has 13 nitrogen and oxygen atoms in total. The summed E-state index contributed by atoms with van der Waals surface area (Å²) in [5.74, 6) is 0.641. The maximum Gasteiger partial charge on any atom is 0.355 e. The van der Waals surface area contributed by atoms with Gasteiger partial charge in [0, 0.05) is 34.5 Å². The number of aromatic nitrogens is 1. The van der Waals surface area contributed by atoms with Gasteiger partial charge in [-0.1, -0.05) is 0 Å². The van der Waals surface area contributed by atoms with E-state index < -0.39 is 16.5 Å². The predicted molar refractivity (Wildman–Crippen MR) is 182 cm³/mol. The molecule has 0 aliphatic carbocycles. The Balaban J connectivity index is 0.00000520. The van der Waals surface area contributed by atoms with E-state index >= 15 is 0 Å². The summed E-state index contributed by atoms with van der Waals surface area (Å²) < 4.78 is 35.0. The van der Waals surface area contributed by atoms with E-state index in [9.17, 15) is 19.7 Å². The van der Waals surface area contributed by atoms with E-state index in [1.807, 2.05) is 0 Å². The van der Waals surface area contributed by atoms with Crippen LogP contribution in [0, 0.1) is 10.1 Å². The molecule has 0 saturated heterocycles. The van der Waals surface area contributed by atoms with Crippen molar-refractivity contribution < 1.29 is 38.1 Å². The number of pyridine rings is 1. The smallest absolute Gasteiger partial charge is 0.355 e. The van der Waals surface area contributed by atoms with Crippen LogP contribution in [0.1, 0.15) is 16.1 Å². The molecule has 14 heteroatoms. The molecule has 250 valence electrons. The van der Waals surface area contributed by atoms with E-state index in [4.69, 9.17) is 34.2 Å². The number of nitrogens with two attached hydrogens (primary N) is 1. The van der Waals surface area contributed by atoms with Gasteiger partial charge in [0.25, 0.3) is 11.2 Å². The second-order valence-corrected chi connectivity index (χ2v) is 10.1. The number of esters is 1. The van der Waals surface area contributed by atoms with Crippen LogP contribution in [-0.4, -0.2) is 51.0 Å².